The van der Waals surface area contributed by atoms with Crippen molar-refractivity contribution in [2.75, 3.05) is 0 Å². The summed E-state index contributed by atoms with van der Waals surface area (Å²) in [6.07, 6.45) is 5.19. The second kappa shape index (κ2) is 5.39. The molecule has 0 amide bonds. The fourth-order valence-electron chi connectivity index (χ4n) is 3.08. The maximum Gasteiger partial charge on any atom is 0.336 e. The number of rotatable bonds is 2. The number of fused-ring (bicyclic) bond motifs is 1. The van der Waals surface area contributed by atoms with Gasteiger partial charge in [0.1, 0.15) is 11.6 Å². The second-order valence-corrected chi connectivity index (χ2v) is 5.52. The maximum atomic E-state index is 13.9. The Hall–Kier alpha value is -2.04. The van der Waals surface area contributed by atoms with Crippen molar-refractivity contribution in [1.29, 1.82) is 0 Å². The summed E-state index contributed by atoms with van der Waals surface area (Å²) in [7, 11) is 0. The summed E-state index contributed by atoms with van der Waals surface area (Å²) in [4.78, 5) is 15.7. The number of hydrogen-bond acceptors (Lipinski definition) is 2. The van der Waals surface area contributed by atoms with E-state index in [0.29, 0.717) is 11.8 Å². The van der Waals surface area contributed by atoms with E-state index in [0.717, 1.165) is 31.7 Å². The molecular weight excluding hydrogens is 276 g/mol. The molecule has 21 heavy (non-hydrogen) atoms. The average molecular weight is 291 g/mol. The smallest absolute Gasteiger partial charge is 0.336 e. The Morgan fingerprint density at radius 2 is 1.86 bits per heavy atom. The second-order valence-electron chi connectivity index (χ2n) is 5.52. The van der Waals surface area contributed by atoms with Crippen molar-refractivity contribution in [2.24, 2.45) is 0 Å². The normalized spacial score (nSPS) is 16.3. The summed E-state index contributed by atoms with van der Waals surface area (Å²) in [5.74, 6) is -2.67. The van der Waals surface area contributed by atoms with E-state index in [1.54, 1.807) is 0 Å². The summed E-state index contributed by atoms with van der Waals surface area (Å²) in [6, 6.07) is 3.23. The van der Waals surface area contributed by atoms with E-state index in [1.807, 2.05) is 0 Å². The molecule has 0 bridgehead atoms. The van der Waals surface area contributed by atoms with Gasteiger partial charge in [-0.2, -0.15) is 0 Å². The summed E-state index contributed by atoms with van der Waals surface area (Å²) in [6.45, 7) is 0. The molecule has 1 heterocycles. The van der Waals surface area contributed by atoms with E-state index < -0.39 is 17.6 Å². The molecule has 5 heteroatoms. The number of carboxylic acids is 1. The molecule has 0 saturated heterocycles. The first-order valence-corrected chi connectivity index (χ1v) is 7.09. The van der Waals surface area contributed by atoms with Crippen molar-refractivity contribution in [3.8, 4) is 0 Å². The van der Waals surface area contributed by atoms with Gasteiger partial charge in [0.05, 0.1) is 16.5 Å². The lowest BCUT2D eigenvalue weighted by Gasteiger charge is -2.22. The fraction of sp³-hybridized carbons (Fsp3) is 0.375. The fourth-order valence-corrected chi connectivity index (χ4v) is 3.08. The Morgan fingerprint density at radius 3 is 2.52 bits per heavy atom. The molecule has 0 atom stereocenters. The molecule has 2 aromatic rings. The third-order valence-corrected chi connectivity index (χ3v) is 4.10. The summed E-state index contributed by atoms with van der Waals surface area (Å²) in [5.41, 5.74) is 0.565. The minimum absolute atomic E-state index is 0.0768. The summed E-state index contributed by atoms with van der Waals surface area (Å²) in [5, 5.41) is 9.19. The zero-order valence-electron chi connectivity index (χ0n) is 11.4. The van der Waals surface area contributed by atoms with Gasteiger partial charge in [0.25, 0.3) is 0 Å². The van der Waals surface area contributed by atoms with Crippen LogP contribution in [0.15, 0.2) is 18.2 Å². The van der Waals surface area contributed by atoms with Gasteiger partial charge in [-0.05, 0) is 18.9 Å². The molecule has 0 unspecified atom stereocenters. The molecule has 0 spiro atoms. The number of nitrogens with zero attached hydrogens (tertiary/aromatic N) is 1. The Balaban J connectivity index is 2.21. The summed E-state index contributed by atoms with van der Waals surface area (Å²) >= 11 is 0. The molecule has 0 aliphatic heterocycles. The molecule has 1 aromatic carbocycles. The zero-order chi connectivity index (χ0) is 15.0. The highest BCUT2D eigenvalue weighted by molar-refractivity contribution is 6.02. The number of pyridine rings is 1. The van der Waals surface area contributed by atoms with Crippen LogP contribution in [0.4, 0.5) is 8.78 Å². The third kappa shape index (κ3) is 2.60. The molecule has 110 valence electrons. The van der Waals surface area contributed by atoms with E-state index in [4.69, 9.17) is 0 Å². The van der Waals surface area contributed by atoms with E-state index in [2.05, 4.69) is 4.98 Å². The summed E-state index contributed by atoms with van der Waals surface area (Å²) < 4.78 is 27.3. The SMILES string of the molecule is O=C(O)c1cc(C2CCCCC2)nc2cc(F)cc(F)c12. The highest BCUT2D eigenvalue weighted by Crippen LogP contribution is 2.34. The first kappa shape index (κ1) is 13.9. The van der Waals surface area contributed by atoms with Gasteiger partial charge in [-0.3, -0.25) is 4.98 Å². The standard InChI is InChI=1S/C16H15F2NO2/c17-10-6-12(18)15-11(16(20)21)8-13(19-14(15)7-10)9-4-2-1-3-5-9/h6-9H,1-5H2,(H,20,21). The lowest BCUT2D eigenvalue weighted by Crippen LogP contribution is -2.10. The minimum Gasteiger partial charge on any atom is -0.478 e. The van der Waals surface area contributed by atoms with Crippen LogP contribution in [0.5, 0.6) is 0 Å². The topological polar surface area (TPSA) is 50.2 Å². The van der Waals surface area contributed by atoms with E-state index >= 15 is 0 Å². The van der Waals surface area contributed by atoms with Crippen molar-refractivity contribution in [3.63, 3.8) is 0 Å². The molecule has 3 nitrogen and oxygen atoms in total. The number of carbonyl (C=O) groups is 1. The predicted molar refractivity (Wildman–Crippen MR) is 74.4 cm³/mol. The quantitative estimate of drug-likeness (QED) is 0.899. The molecule has 1 aliphatic rings. The predicted octanol–water partition coefficient (Wildman–Crippen LogP) is 4.26. The molecule has 1 saturated carbocycles. The van der Waals surface area contributed by atoms with Gasteiger partial charge in [-0.1, -0.05) is 19.3 Å². The lowest BCUT2D eigenvalue weighted by atomic mass is 9.86. The van der Waals surface area contributed by atoms with E-state index in [-0.39, 0.29) is 22.4 Å². The van der Waals surface area contributed by atoms with Gasteiger partial charge in [-0.25, -0.2) is 13.6 Å². The first-order valence-electron chi connectivity index (χ1n) is 7.09. The van der Waals surface area contributed by atoms with Crippen molar-refractivity contribution in [3.05, 3.63) is 41.1 Å². The zero-order valence-corrected chi connectivity index (χ0v) is 11.4. The number of hydrogen-bond donors (Lipinski definition) is 1. The van der Waals surface area contributed by atoms with Crippen molar-refractivity contribution >= 4 is 16.9 Å². The van der Waals surface area contributed by atoms with Crippen LogP contribution in [-0.4, -0.2) is 16.1 Å². The Morgan fingerprint density at radius 1 is 1.14 bits per heavy atom. The molecule has 1 aliphatic carbocycles. The lowest BCUT2D eigenvalue weighted by molar-refractivity contribution is 0.0698. The minimum atomic E-state index is -1.22. The van der Waals surface area contributed by atoms with Gasteiger partial charge in [0, 0.05) is 23.7 Å². The van der Waals surface area contributed by atoms with Crippen molar-refractivity contribution < 1.29 is 18.7 Å². The molecule has 1 fully saturated rings. The van der Waals surface area contributed by atoms with Crippen molar-refractivity contribution in [2.45, 2.75) is 38.0 Å². The molecule has 1 aromatic heterocycles. The van der Waals surface area contributed by atoms with E-state index in [1.165, 1.54) is 12.5 Å². The number of benzene rings is 1. The van der Waals surface area contributed by atoms with Crippen LogP contribution in [0.25, 0.3) is 10.9 Å². The molecule has 0 radical (unpaired) electrons. The average Bonchev–Trinajstić information content (AvgIpc) is 2.46. The maximum absolute atomic E-state index is 13.9. The Bertz CT molecular complexity index is 709. The van der Waals surface area contributed by atoms with Crippen LogP contribution in [0, 0.1) is 11.6 Å². The van der Waals surface area contributed by atoms with Gasteiger partial charge >= 0.3 is 5.97 Å². The largest absolute Gasteiger partial charge is 0.478 e. The van der Waals surface area contributed by atoms with Gasteiger partial charge in [0.15, 0.2) is 0 Å². The van der Waals surface area contributed by atoms with Crippen LogP contribution >= 0.6 is 0 Å². The Labute approximate surface area is 120 Å². The Kier molecular flexibility index (Phi) is 3.57. The van der Waals surface area contributed by atoms with E-state index in [9.17, 15) is 18.7 Å². The third-order valence-electron chi connectivity index (χ3n) is 4.10. The first-order chi connectivity index (χ1) is 10.1. The number of halogens is 2. The van der Waals surface area contributed by atoms with Crippen molar-refractivity contribution in [1.82, 2.24) is 4.98 Å². The molecule has 3 rings (SSSR count). The van der Waals surface area contributed by atoms with Crippen LogP contribution < -0.4 is 0 Å². The number of carboxylic acid groups (broad SMARTS) is 1. The molecule has 1 N–H and O–H groups in total. The highest BCUT2D eigenvalue weighted by atomic mass is 19.1. The van der Waals surface area contributed by atoms with Crippen LogP contribution in [0.2, 0.25) is 0 Å². The molecular formula is C16H15F2NO2. The highest BCUT2D eigenvalue weighted by Gasteiger charge is 2.22. The van der Waals surface area contributed by atoms with Crippen LogP contribution in [0.1, 0.15) is 54.1 Å². The van der Waals surface area contributed by atoms with Gasteiger partial charge < -0.3 is 5.11 Å². The van der Waals surface area contributed by atoms with Crippen LogP contribution in [-0.2, 0) is 0 Å². The number of aromatic nitrogens is 1. The van der Waals surface area contributed by atoms with Crippen LogP contribution in [0.3, 0.4) is 0 Å². The monoisotopic (exact) mass is 291 g/mol. The number of aromatic carboxylic acids is 1. The van der Waals surface area contributed by atoms with Gasteiger partial charge in [-0.15, -0.1) is 0 Å². The van der Waals surface area contributed by atoms with Gasteiger partial charge in [0.2, 0.25) is 0 Å².